The van der Waals surface area contributed by atoms with Crippen LogP contribution in [0.4, 0.5) is 0 Å². The van der Waals surface area contributed by atoms with E-state index in [-0.39, 0.29) is 24.8 Å². The van der Waals surface area contributed by atoms with Gasteiger partial charge in [0.05, 0.1) is 12.0 Å². The van der Waals surface area contributed by atoms with Crippen LogP contribution >= 0.6 is 24.8 Å². The monoisotopic (exact) mass is 209 g/mol. The van der Waals surface area contributed by atoms with Crippen molar-refractivity contribution in [3.05, 3.63) is 17.7 Å². The van der Waals surface area contributed by atoms with E-state index in [1.807, 2.05) is 6.33 Å². The van der Waals surface area contributed by atoms with Gasteiger partial charge in [-0.2, -0.15) is 0 Å². The predicted octanol–water partition coefficient (Wildman–Crippen LogP) is 0.909. The van der Waals surface area contributed by atoms with Crippen molar-refractivity contribution in [2.75, 3.05) is 6.54 Å². The Balaban J connectivity index is 0.000000605. The molecule has 1 aromatic heterocycles. The molecule has 3 nitrogen and oxygen atoms in total. The second-order valence-corrected chi connectivity index (χ2v) is 2.68. The normalized spacial score (nSPS) is 14.1. The minimum absolute atomic E-state index is 0. The number of halogens is 2. The molecule has 12 heavy (non-hydrogen) atoms. The van der Waals surface area contributed by atoms with E-state index in [1.54, 1.807) is 0 Å². The summed E-state index contributed by atoms with van der Waals surface area (Å²) in [6.45, 7) is 2.03. The van der Waals surface area contributed by atoms with Crippen LogP contribution in [0.1, 0.15) is 11.4 Å². The van der Waals surface area contributed by atoms with Gasteiger partial charge in [-0.05, 0) is 0 Å². The number of imidazole rings is 1. The zero-order chi connectivity index (χ0) is 6.97. The molecule has 0 bridgehead atoms. The van der Waals surface area contributed by atoms with E-state index >= 15 is 0 Å². The molecule has 1 aromatic rings. The second-order valence-electron chi connectivity index (χ2n) is 2.68. The fraction of sp³-hybridized carbons (Fsp3) is 0.571. The maximum atomic E-state index is 4.26. The fourth-order valence-corrected chi connectivity index (χ4v) is 1.39. The van der Waals surface area contributed by atoms with Crippen LogP contribution < -0.4 is 5.32 Å². The third kappa shape index (κ3) is 1.91. The summed E-state index contributed by atoms with van der Waals surface area (Å²) >= 11 is 0. The van der Waals surface area contributed by atoms with Crippen LogP contribution in [0.15, 0.2) is 6.33 Å². The van der Waals surface area contributed by atoms with Gasteiger partial charge < -0.3 is 9.88 Å². The topological polar surface area (TPSA) is 29.9 Å². The quantitative estimate of drug-likeness (QED) is 0.689. The fourth-order valence-electron chi connectivity index (χ4n) is 1.39. The molecule has 0 amide bonds. The van der Waals surface area contributed by atoms with Crippen molar-refractivity contribution < 1.29 is 0 Å². The van der Waals surface area contributed by atoms with E-state index in [0.29, 0.717) is 0 Å². The van der Waals surface area contributed by atoms with E-state index < -0.39 is 0 Å². The second kappa shape index (κ2) is 4.70. The first-order valence-corrected chi connectivity index (χ1v) is 3.58. The van der Waals surface area contributed by atoms with E-state index in [1.165, 1.54) is 11.4 Å². The molecule has 2 heterocycles. The van der Waals surface area contributed by atoms with Crippen LogP contribution in [0.5, 0.6) is 0 Å². The average molecular weight is 210 g/mol. The van der Waals surface area contributed by atoms with Gasteiger partial charge in [0, 0.05) is 32.3 Å². The first kappa shape index (κ1) is 11.8. The molecular weight excluding hydrogens is 197 g/mol. The molecule has 0 spiro atoms. The molecule has 1 aliphatic heterocycles. The van der Waals surface area contributed by atoms with Crippen molar-refractivity contribution in [1.29, 1.82) is 0 Å². The van der Waals surface area contributed by atoms with Gasteiger partial charge in [0.2, 0.25) is 0 Å². The van der Waals surface area contributed by atoms with Crippen LogP contribution in [-0.2, 0) is 20.0 Å². The van der Waals surface area contributed by atoms with Gasteiger partial charge in [0.25, 0.3) is 0 Å². The smallest absolute Gasteiger partial charge is 0.0949 e. The van der Waals surface area contributed by atoms with Gasteiger partial charge in [0.1, 0.15) is 0 Å². The highest BCUT2D eigenvalue weighted by atomic mass is 35.5. The Morgan fingerprint density at radius 1 is 1.50 bits per heavy atom. The number of hydrogen-bond acceptors (Lipinski definition) is 2. The summed E-state index contributed by atoms with van der Waals surface area (Å²) in [6, 6.07) is 0. The molecule has 0 radical (unpaired) electrons. The molecule has 1 aliphatic rings. The summed E-state index contributed by atoms with van der Waals surface area (Å²) in [7, 11) is 2.05. The zero-order valence-corrected chi connectivity index (χ0v) is 8.54. The van der Waals surface area contributed by atoms with Crippen LogP contribution in [-0.4, -0.2) is 16.1 Å². The number of rotatable bonds is 0. The van der Waals surface area contributed by atoms with Crippen molar-refractivity contribution in [2.45, 2.75) is 13.0 Å². The molecule has 0 fully saturated rings. The van der Waals surface area contributed by atoms with E-state index in [2.05, 4.69) is 21.9 Å². The highest BCUT2D eigenvalue weighted by Gasteiger charge is 2.11. The Labute approximate surface area is 84.4 Å². The minimum Gasteiger partial charge on any atom is -0.337 e. The van der Waals surface area contributed by atoms with Crippen molar-refractivity contribution in [3.8, 4) is 0 Å². The number of nitrogens with zero attached hydrogens (tertiary/aromatic N) is 2. The summed E-state index contributed by atoms with van der Waals surface area (Å²) < 4.78 is 2.11. The summed E-state index contributed by atoms with van der Waals surface area (Å²) in [5.74, 6) is 0. The Kier molecular flexibility index (Phi) is 4.60. The summed E-state index contributed by atoms with van der Waals surface area (Å²) in [6.07, 6.45) is 3.00. The van der Waals surface area contributed by atoms with E-state index in [4.69, 9.17) is 0 Å². The van der Waals surface area contributed by atoms with Gasteiger partial charge in [0.15, 0.2) is 0 Å². The number of aromatic nitrogens is 2. The molecule has 0 aliphatic carbocycles. The number of aryl methyl sites for hydroxylation is 1. The van der Waals surface area contributed by atoms with Crippen LogP contribution in [0.2, 0.25) is 0 Å². The molecular formula is C7H13Cl2N3. The lowest BCUT2D eigenvalue weighted by Gasteiger charge is -2.12. The lowest BCUT2D eigenvalue weighted by Crippen LogP contribution is -2.24. The maximum absolute atomic E-state index is 4.26. The van der Waals surface area contributed by atoms with E-state index in [0.717, 1.165) is 19.5 Å². The molecule has 2 rings (SSSR count). The molecule has 0 saturated carbocycles. The molecule has 0 saturated heterocycles. The lowest BCUT2D eigenvalue weighted by molar-refractivity contribution is 0.612. The lowest BCUT2D eigenvalue weighted by atomic mass is 10.2. The highest BCUT2D eigenvalue weighted by Crippen LogP contribution is 2.09. The SMILES string of the molecule is Cl.Cl.Cn1cnc2c1CCNC2. The predicted molar refractivity (Wildman–Crippen MR) is 53.1 cm³/mol. The van der Waals surface area contributed by atoms with Crippen molar-refractivity contribution in [2.24, 2.45) is 7.05 Å². The Hall–Kier alpha value is -0.250. The van der Waals surface area contributed by atoms with Gasteiger partial charge >= 0.3 is 0 Å². The average Bonchev–Trinajstić information content (AvgIpc) is 2.34. The van der Waals surface area contributed by atoms with Gasteiger partial charge in [-0.3, -0.25) is 0 Å². The number of nitrogens with one attached hydrogen (secondary N) is 1. The minimum atomic E-state index is 0. The Bertz CT molecular complexity index is 247. The van der Waals surface area contributed by atoms with Crippen LogP contribution in [0.3, 0.4) is 0 Å². The summed E-state index contributed by atoms with van der Waals surface area (Å²) in [5, 5.41) is 3.28. The molecule has 1 N–H and O–H groups in total. The molecule has 0 atom stereocenters. The number of hydrogen-bond donors (Lipinski definition) is 1. The number of fused-ring (bicyclic) bond motifs is 1. The Morgan fingerprint density at radius 2 is 2.25 bits per heavy atom. The third-order valence-electron chi connectivity index (χ3n) is 1.98. The maximum Gasteiger partial charge on any atom is 0.0949 e. The van der Waals surface area contributed by atoms with Gasteiger partial charge in [-0.25, -0.2) is 4.98 Å². The highest BCUT2D eigenvalue weighted by molar-refractivity contribution is 5.85. The van der Waals surface area contributed by atoms with Gasteiger partial charge in [-0.15, -0.1) is 24.8 Å². The first-order chi connectivity index (χ1) is 4.88. The van der Waals surface area contributed by atoms with Crippen molar-refractivity contribution in [1.82, 2.24) is 14.9 Å². The zero-order valence-electron chi connectivity index (χ0n) is 6.91. The first-order valence-electron chi connectivity index (χ1n) is 3.58. The summed E-state index contributed by atoms with van der Waals surface area (Å²) in [5.41, 5.74) is 2.60. The summed E-state index contributed by atoms with van der Waals surface area (Å²) in [4.78, 5) is 4.26. The molecule has 0 aromatic carbocycles. The van der Waals surface area contributed by atoms with E-state index in [9.17, 15) is 0 Å². The molecule has 5 heteroatoms. The molecule has 0 unspecified atom stereocenters. The third-order valence-corrected chi connectivity index (χ3v) is 1.98. The van der Waals surface area contributed by atoms with Crippen molar-refractivity contribution >= 4 is 24.8 Å². The largest absolute Gasteiger partial charge is 0.337 e. The van der Waals surface area contributed by atoms with Crippen LogP contribution in [0, 0.1) is 0 Å². The van der Waals surface area contributed by atoms with Crippen LogP contribution in [0.25, 0.3) is 0 Å². The van der Waals surface area contributed by atoms with Gasteiger partial charge in [-0.1, -0.05) is 0 Å². The van der Waals surface area contributed by atoms with Crippen molar-refractivity contribution in [3.63, 3.8) is 0 Å². The molecule has 70 valence electrons. The Morgan fingerprint density at radius 3 is 2.92 bits per heavy atom. The standard InChI is InChI=1S/C7H11N3.2ClH/c1-10-5-9-6-4-8-3-2-7(6)10;;/h5,8H,2-4H2,1H3;2*1H.